The van der Waals surface area contributed by atoms with E-state index in [1.54, 1.807) is 6.92 Å². The number of carbonyl (C=O) groups excluding carboxylic acids is 1. The number of hydrogen-bond acceptors (Lipinski definition) is 7. The van der Waals surface area contributed by atoms with Gasteiger partial charge in [0.2, 0.25) is 5.71 Å². The molecule has 4 fully saturated rings. The molecule has 2 saturated carbocycles. The maximum absolute atomic E-state index is 14.0. The number of nitrogens with zero attached hydrogens (tertiary/aromatic N) is 4. The fraction of sp³-hybridized carbons (Fsp3) is 0.667. The van der Waals surface area contributed by atoms with Crippen LogP contribution in [-0.4, -0.2) is 56.1 Å². The number of hydrogen-bond donors (Lipinski definition) is 1. The first-order valence-corrected chi connectivity index (χ1v) is 14.8. The number of piperidine rings is 2. The van der Waals surface area contributed by atoms with Gasteiger partial charge in [-0.25, -0.2) is 9.78 Å². The second kappa shape index (κ2) is 10.8. The van der Waals surface area contributed by atoms with Gasteiger partial charge in [-0.2, -0.15) is 0 Å². The first-order valence-electron chi connectivity index (χ1n) is 14.8. The Bertz CT molecular complexity index is 1240. The van der Waals surface area contributed by atoms with Gasteiger partial charge in [-0.05, 0) is 75.8 Å². The summed E-state index contributed by atoms with van der Waals surface area (Å²) >= 11 is 0. The van der Waals surface area contributed by atoms with Gasteiger partial charge in [-0.15, -0.1) is 0 Å². The van der Waals surface area contributed by atoms with Crippen molar-refractivity contribution in [3.63, 3.8) is 0 Å². The maximum Gasteiger partial charge on any atom is 0.362 e. The summed E-state index contributed by atoms with van der Waals surface area (Å²) in [5.41, 5.74) is 0.413. The molecule has 2 saturated heterocycles. The molecule has 0 spiro atoms. The topological polar surface area (TPSA) is 97.0 Å². The summed E-state index contributed by atoms with van der Waals surface area (Å²) in [4.78, 5) is 33.8. The van der Waals surface area contributed by atoms with E-state index in [9.17, 15) is 14.8 Å². The number of ether oxygens (including phenoxy) is 1. The van der Waals surface area contributed by atoms with Crippen LogP contribution in [0.2, 0.25) is 0 Å². The highest BCUT2D eigenvalue weighted by molar-refractivity contribution is 6.42. The fourth-order valence-electron chi connectivity index (χ4n) is 8.36. The molecule has 3 unspecified atom stereocenters. The molecule has 2 aliphatic heterocycles. The Kier molecular flexibility index (Phi) is 7.25. The molecular formula is C30H40N4O4. The van der Waals surface area contributed by atoms with Gasteiger partial charge in [0.15, 0.2) is 5.69 Å². The summed E-state index contributed by atoms with van der Waals surface area (Å²) in [6.07, 6.45) is 15.1. The highest BCUT2D eigenvalue weighted by atomic mass is 16.5. The average Bonchev–Trinajstić information content (AvgIpc) is 3.08. The third-order valence-corrected chi connectivity index (χ3v) is 9.73. The summed E-state index contributed by atoms with van der Waals surface area (Å²) in [6, 6.07) is 9.18. The lowest BCUT2D eigenvalue weighted by Crippen LogP contribution is -2.58. The van der Waals surface area contributed by atoms with Gasteiger partial charge in [0.1, 0.15) is 0 Å². The number of para-hydroxylation sites is 2. The molecule has 0 amide bonds. The maximum atomic E-state index is 14.0. The number of esters is 1. The molecule has 204 valence electrons. The summed E-state index contributed by atoms with van der Waals surface area (Å²) in [5.74, 6) is 0.924. The van der Waals surface area contributed by atoms with E-state index < -0.39 is 11.7 Å². The average molecular weight is 521 g/mol. The van der Waals surface area contributed by atoms with E-state index in [1.807, 2.05) is 28.8 Å². The van der Waals surface area contributed by atoms with Crippen LogP contribution >= 0.6 is 0 Å². The van der Waals surface area contributed by atoms with Crippen molar-refractivity contribution in [2.24, 2.45) is 17.0 Å². The first-order chi connectivity index (χ1) is 18.6. The SMILES string of the molecule is CCOC(=O)C(=NO)c1nc2ccccc2n([C@@H]2CC3CCC[C@H](C2)N3C2CC3CCCCC(C3)C2)c1=O. The minimum atomic E-state index is -0.841. The van der Waals surface area contributed by atoms with Crippen LogP contribution in [0.15, 0.2) is 34.2 Å². The van der Waals surface area contributed by atoms with Crippen LogP contribution in [0.5, 0.6) is 0 Å². The number of oxime groups is 1. The second-order valence-electron chi connectivity index (χ2n) is 12.0. The summed E-state index contributed by atoms with van der Waals surface area (Å²) in [6.45, 7) is 1.79. The molecule has 1 aromatic carbocycles. The van der Waals surface area contributed by atoms with Crippen LogP contribution in [0.3, 0.4) is 0 Å². The molecule has 5 atom stereocenters. The van der Waals surface area contributed by atoms with Gasteiger partial charge in [0.25, 0.3) is 5.56 Å². The molecule has 38 heavy (non-hydrogen) atoms. The largest absolute Gasteiger partial charge is 0.461 e. The number of rotatable bonds is 5. The number of carbonyl (C=O) groups is 1. The summed E-state index contributed by atoms with van der Waals surface area (Å²) < 4.78 is 6.90. The second-order valence-corrected chi connectivity index (χ2v) is 12.0. The molecular weight excluding hydrogens is 480 g/mol. The van der Waals surface area contributed by atoms with Gasteiger partial charge in [0.05, 0.1) is 17.6 Å². The minimum Gasteiger partial charge on any atom is -0.461 e. The van der Waals surface area contributed by atoms with E-state index in [-0.39, 0.29) is 23.9 Å². The lowest BCUT2D eigenvalue weighted by molar-refractivity contribution is -0.135. The minimum absolute atomic E-state index is 0.00806. The lowest BCUT2D eigenvalue weighted by atomic mass is 9.73. The van der Waals surface area contributed by atoms with Crippen molar-refractivity contribution in [3.8, 4) is 0 Å². The van der Waals surface area contributed by atoms with Crippen LogP contribution in [0.1, 0.15) is 95.7 Å². The van der Waals surface area contributed by atoms with Gasteiger partial charge in [-0.3, -0.25) is 9.69 Å². The van der Waals surface area contributed by atoms with Crippen molar-refractivity contribution in [2.45, 2.75) is 108 Å². The standard InChI is InChI=1S/C30H40N4O4/c1-2-38-30(36)28(32-37)27-29(35)34(26-13-6-5-12-25(26)31-27)24-17-21-10-7-11-22(18-24)33(21)23-15-19-8-3-4-9-20(14-19)16-23/h5-6,12-13,19-24,37H,2-4,7-11,14-18H2,1H3/t19?,20?,21-,22?,23?,24+/m1/s1. The van der Waals surface area contributed by atoms with E-state index in [4.69, 9.17) is 4.74 Å². The van der Waals surface area contributed by atoms with Crippen molar-refractivity contribution in [1.82, 2.24) is 14.5 Å². The molecule has 6 rings (SSSR count). The van der Waals surface area contributed by atoms with Gasteiger partial charge < -0.3 is 14.5 Å². The van der Waals surface area contributed by atoms with Crippen molar-refractivity contribution >= 4 is 22.7 Å². The van der Waals surface area contributed by atoms with Crippen LogP contribution in [0, 0.1) is 11.8 Å². The molecule has 2 aromatic rings. The van der Waals surface area contributed by atoms with E-state index in [0.717, 1.165) is 30.2 Å². The van der Waals surface area contributed by atoms with Crippen LogP contribution < -0.4 is 5.56 Å². The molecule has 1 N–H and O–H groups in total. The quantitative estimate of drug-likeness (QED) is 0.256. The summed E-state index contributed by atoms with van der Waals surface area (Å²) in [7, 11) is 0. The van der Waals surface area contributed by atoms with Gasteiger partial charge in [0, 0.05) is 24.2 Å². The zero-order valence-corrected chi connectivity index (χ0v) is 22.4. The first kappa shape index (κ1) is 25.5. The van der Waals surface area contributed by atoms with Crippen molar-refractivity contribution in [1.29, 1.82) is 0 Å². The Labute approximate surface area is 224 Å². The molecule has 8 heteroatoms. The van der Waals surface area contributed by atoms with Gasteiger partial charge >= 0.3 is 5.97 Å². The zero-order valence-electron chi connectivity index (χ0n) is 22.4. The Hall–Kier alpha value is -2.74. The molecule has 3 heterocycles. The third kappa shape index (κ3) is 4.65. The zero-order chi connectivity index (χ0) is 26.2. The van der Waals surface area contributed by atoms with Crippen molar-refractivity contribution in [3.05, 3.63) is 40.3 Å². The normalized spacial score (nSPS) is 32.1. The van der Waals surface area contributed by atoms with E-state index in [2.05, 4.69) is 15.0 Å². The van der Waals surface area contributed by atoms with Crippen LogP contribution in [0.4, 0.5) is 0 Å². The number of benzene rings is 1. The Morgan fingerprint density at radius 2 is 1.63 bits per heavy atom. The molecule has 4 aliphatic rings. The highest BCUT2D eigenvalue weighted by Gasteiger charge is 2.45. The molecule has 1 aromatic heterocycles. The third-order valence-electron chi connectivity index (χ3n) is 9.73. The molecule has 2 aliphatic carbocycles. The number of fused-ring (bicyclic) bond motifs is 5. The Balaban J connectivity index is 1.35. The highest BCUT2D eigenvalue weighted by Crippen LogP contribution is 2.47. The predicted octanol–water partition coefficient (Wildman–Crippen LogP) is 5.05. The molecule has 4 bridgehead atoms. The molecule has 8 nitrogen and oxygen atoms in total. The predicted molar refractivity (Wildman–Crippen MR) is 146 cm³/mol. The molecule has 0 radical (unpaired) electrons. The van der Waals surface area contributed by atoms with Crippen LogP contribution in [-0.2, 0) is 9.53 Å². The van der Waals surface area contributed by atoms with Crippen molar-refractivity contribution < 1.29 is 14.7 Å². The monoisotopic (exact) mass is 520 g/mol. The Morgan fingerprint density at radius 3 is 2.29 bits per heavy atom. The van der Waals surface area contributed by atoms with Crippen molar-refractivity contribution in [2.75, 3.05) is 6.61 Å². The lowest BCUT2D eigenvalue weighted by Gasteiger charge is -2.54. The van der Waals surface area contributed by atoms with E-state index in [0.29, 0.717) is 23.6 Å². The van der Waals surface area contributed by atoms with Gasteiger partial charge in [-0.1, -0.05) is 49.4 Å². The van der Waals surface area contributed by atoms with E-state index >= 15 is 0 Å². The van der Waals surface area contributed by atoms with Crippen LogP contribution in [0.25, 0.3) is 11.0 Å². The van der Waals surface area contributed by atoms with E-state index in [1.165, 1.54) is 64.2 Å². The number of aromatic nitrogens is 2. The smallest absolute Gasteiger partial charge is 0.362 e. The Morgan fingerprint density at radius 1 is 0.947 bits per heavy atom. The fourth-order valence-corrected chi connectivity index (χ4v) is 8.36. The summed E-state index contributed by atoms with van der Waals surface area (Å²) in [5, 5.41) is 12.8.